The Labute approximate surface area is 109 Å². The van der Waals surface area contributed by atoms with Gasteiger partial charge in [-0.1, -0.05) is 32.0 Å². The Morgan fingerprint density at radius 2 is 2.29 bits per heavy atom. The van der Waals surface area contributed by atoms with Gasteiger partial charge in [-0.3, -0.25) is 9.69 Å². The van der Waals surface area contributed by atoms with Gasteiger partial charge in [0.1, 0.15) is 0 Å². The van der Waals surface area contributed by atoms with Gasteiger partial charge in [-0.15, -0.1) is 0 Å². The Kier molecular flexibility index (Phi) is 6.44. The van der Waals surface area contributed by atoms with E-state index in [2.05, 4.69) is 17.1 Å². The minimum atomic E-state index is 0.0848. The van der Waals surface area contributed by atoms with Gasteiger partial charge >= 0.3 is 0 Å². The summed E-state index contributed by atoms with van der Waals surface area (Å²) in [6.07, 6.45) is 5.39. The summed E-state index contributed by atoms with van der Waals surface area (Å²) in [5.41, 5.74) is 5.71. The van der Waals surface area contributed by atoms with E-state index >= 15 is 0 Å². The van der Waals surface area contributed by atoms with E-state index < -0.39 is 0 Å². The van der Waals surface area contributed by atoms with Crippen molar-refractivity contribution in [1.29, 1.82) is 0 Å². The summed E-state index contributed by atoms with van der Waals surface area (Å²) in [7, 11) is 0. The molecule has 0 spiro atoms. The highest BCUT2D eigenvalue weighted by molar-refractivity contribution is 7.80. The smallest absolute Gasteiger partial charge is 0.234 e. The summed E-state index contributed by atoms with van der Waals surface area (Å²) < 4.78 is 0. The number of rotatable bonds is 6. The van der Waals surface area contributed by atoms with Crippen molar-refractivity contribution >= 4 is 23.1 Å². The van der Waals surface area contributed by atoms with Gasteiger partial charge in [0, 0.05) is 6.54 Å². The summed E-state index contributed by atoms with van der Waals surface area (Å²) in [4.78, 5) is 14.3. The Morgan fingerprint density at radius 1 is 1.53 bits per heavy atom. The molecule has 1 unspecified atom stereocenters. The summed E-state index contributed by atoms with van der Waals surface area (Å²) in [6, 6.07) is 0.107. The largest absolute Gasteiger partial charge is 0.392 e. The maximum atomic E-state index is 11.7. The molecular formula is C12H23N3OS. The van der Waals surface area contributed by atoms with E-state index in [9.17, 15) is 4.79 Å². The summed E-state index contributed by atoms with van der Waals surface area (Å²) >= 11 is 5.06. The highest BCUT2D eigenvalue weighted by Gasteiger charge is 2.25. The molecule has 17 heavy (non-hydrogen) atoms. The fourth-order valence-corrected chi connectivity index (χ4v) is 2.41. The maximum absolute atomic E-state index is 11.7. The van der Waals surface area contributed by atoms with Gasteiger partial charge < -0.3 is 11.1 Å². The molecule has 1 amide bonds. The van der Waals surface area contributed by atoms with Crippen molar-refractivity contribution in [3.8, 4) is 0 Å². The highest BCUT2D eigenvalue weighted by atomic mass is 32.1. The van der Waals surface area contributed by atoms with Gasteiger partial charge in [0.15, 0.2) is 0 Å². The van der Waals surface area contributed by atoms with Gasteiger partial charge in [0.05, 0.1) is 17.6 Å². The number of thiocarbonyl (C=S) groups is 1. The lowest BCUT2D eigenvalue weighted by Crippen LogP contribution is -2.50. The molecule has 5 heteroatoms. The molecule has 1 heterocycles. The summed E-state index contributed by atoms with van der Waals surface area (Å²) in [5, 5.41) is 2.93. The molecule has 0 bridgehead atoms. The number of nitrogens with zero attached hydrogens (tertiary/aromatic N) is 1. The van der Waals surface area contributed by atoms with Gasteiger partial charge in [-0.2, -0.15) is 0 Å². The number of carbonyl (C=O) groups excluding carboxylic acids is 1. The number of amides is 1. The van der Waals surface area contributed by atoms with Crippen LogP contribution < -0.4 is 11.1 Å². The molecule has 0 aromatic rings. The lowest BCUT2D eigenvalue weighted by atomic mass is 10.0. The van der Waals surface area contributed by atoms with Gasteiger partial charge in [0.25, 0.3) is 0 Å². The number of likely N-dealkylation sites (tertiary alicyclic amines) is 1. The quantitative estimate of drug-likeness (QED) is 0.551. The molecule has 1 fully saturated rings. The molecule has 1 aliphatic heterocycles. The first-order valence-corrected chi connectivity index (χ1v) is 6.86. The predicted octanol–water partition coefficient (Wildman–Crippen LogP) is 1.04. The van der Waals surface area contributed by atoms with Crippen molar-refractivity contribution in [3.05, 3.63) is 0 Å². The summed E-state index contributed by atoms with van der Waals surface area (Å²) in [6.45, 7) is 4.22. The second-order valence-corrected chi connectivity index (χ2v) is 5.06. The van der Waals surface area contributed by atoms with Crippen LogP contribution in [0.25, 0.3) is 0 Å². The molecular weight excluding hydrogens is 234 g/mol. The molecule has 0 saturated carbocycles. The highest BCUT2D eigenvalue weighted by Crippen LogP contribution is 2.16. The van der Waals surface area contributed by atoms with Crippen LogP contribution >= 0.6 is 12.2 Å². The van der Waals surface area contributed by atoms with Gasteiger partial charge in [0.2, 0.25) is 5.91 Å². The number of nitrogens with two attached hydrogens (primary N) is 1. The normalized spacial score (nSPS) is 21.1. The van der Waals surface area contributed by atoms with Crippen molar-refractivity contribution in [2.24, 2.45) is 5.73 Å². The predicted molar refractivity (Wildman–Crippen MR) is 73.9 cm³/mol. The maximum Gasteiger partial charge on any atom is 0.234 e. The monoisotopic (exact) mass is 257 g/mol. The minimum absolute atomic E-state index is 0.0848. The Morgan fingerprint density at radius 3 is 2.94 bits per heavy atom. The molecule has 3 N–H and O–H groups in total. The molecule has 4 nitrogen and oxygen atoms in total. The molecule has 0 aromatic carbocycles. The van der Waals surface area contributed by atoms with Crippen LogP contribution in [-0.2, 0) is 4.79 Å². The molecule has 0 aromatic heterocycles. The minimum Gasteiger partial charge on any atom is -0.392 e. The van der Waals surface area contributed by atoms with Crippen molar-refractivity contribution in [2.45, 2.75) is 45.1 Å². The first-order chi connectivity index (χ1) is 8.15. The third-order valence-electron chi connectivity index (χ3n) is 3.14. The van der Waals surface area contributed by atoms with Crippen molar-refractivity contribution < 1.29 is 4.79 Å². The van der Waals surface area contributed by atoms with Gasteiger partial charge in [-0.25, -0.2) is 0 Å². The van der Waals surface area contributed by atoms with E-state index in [4.69, 9.17) is 18.0 Å². The second kappa shape index (κ2) is 7.61. The second-order valence-electron chi connectivity index (χ2n) is 4.59. The standard InChI is InChI=1S/C12H23N3OS/c1-2-3-7-14-11(16)9-15-8-5-4-6-10(15)12(13)17/h10H,2-9H2,1H3,(H2,13,17)(H,14,16). The van der Waals surface area contributed by atoms with Crippen molar-refractivity contribution in [1.82, 2.24) is 10.2 Å². The SMILES string of the molecule is CCCCNC(=O)CN1CCCCC1C(N)=S. The van der Waals surface area contributed by atoms with Crippen LogP contribution in [0.15, 0.2) is 0 Å². The first-order valence-electron chi connectivity index (χ1n) is 6.45. The van der Waals surface area contributed by atoms with Crippen LogP contribution in [0.1, 0.15) is 39.0 Å². The average Bonchev–Trinajstić information content (AvgIpc) is 2.29. The zero-order valence-corrected chi connectivity index (χ0v) is 11.4. The van der Waals surface area contributed by atoms with E-state index in [0.29, 0.717) is 11.5 Å². The molecule has 0 radical (unpaired) electrons. The zero-order valence-electron chi connectivity index (χ0n) is 10.6. The number of piperidine rings is 1. The molecule has 1 saturated heterocycles. The van der Waals surface area contributed by atoms with E-state index in [0.717, 1.165) is 45.2 Å². The van der Waals surface area contributed by atoms with Crippen LogP contribution in [0.3, 0.4) is 0 Å². The zero-order chi connectivity index (χ0) is 12.7. The van der Waals surface area contributed by atoms with Crippen LogP contribution in [0.2, 0.25) is 0 Å². The van der Waals surface area contributed by atoms with E-state index in [1.165, 1.54) is 0 Å². The number of hydrogen-bond donors (Lipinski definition) is 2. The Balaban J connectivity index is 2.36. The van der Waals surface area contributed by atoms with E-state index in [1.54, 1.807) is 0 Å². The van der Waals surface area contributed by atoms with Crippen LogP contribution in [-0.4, -0.2) is 41.5 Å². The van der Waals surface area contributed by atoms with Crippen LogP contribution in [0.5, 0.6) is 0 Å². The van der Waals surface area contributed by atoms with Crippen LogP contribution in [0.4, 0.5) is 0 Å². The lowest BCUT2D eigenvalue weighted by Gasteiger charge is -2.34. The Hall–Kier alpha value is -0.680. The fraction of sp³-hybridized carbons (Fsp3) is 0.833. The summed E-state index contributed by atoms with van der Waals surface area (Å²) in [5.74, 6) is 0.0848. The third-order valence-corrected chi connectivity index (χ3v) is 3.41. The lowest BCUT2D eigenvalue weighted by molar-refractivity contribution is -0.122. The third kappa shape index (κ3) is 5.00. The van der Waals surface area contributed by atoms with E-state index in [1.807, 2.05) is 0 Å². The number of hydrogen-bond acceptors (Lipinski definition) is 3. The molecule has 1 rings (SSSR count). The molecule has 1 atom stereocenters. The van der Waals surface area contributed by atoms with Crippen LogP contribution in [0, 0.1) is 0 Å². The van der Waals surface area contributed by atoms with E-state index in [-0.39, 0.29) is 11.9 Å². The van der Waals surface area contributed by atoms with Gasteiger partial charge in [-0.05, 0) is 25.8 Å². The topological polar surface area (TPSA) is 58.4 Å². The van der Waals surface area contributed by atoms with Crippen molar-refractivity contribution in [3.63, 3.8) is 0 Å². The number of unbranched alkanes of at least 4 members (excludes halogenated alkanes) is 1. The average molecular weight is 257 g/mol. The van der Waals surface area contributed by atoms with Crippen molar-refractivity contribution in [2.75, 3.05) is 19.6 Å². The Bertz CT molecular complexity index is 270. The molecule has 98 valence electrons. The molecule has 0 aliphatic carbocycles. The number of carbonyl (C=O) groups is 1. The molecule has 1 aliphatic rings. The number of nitrogens with one attached hydrogen (secondary N) is 1. The first kappa shape index (κ1) is 14.4. The fourth-order valence-electron chi connectivity index (χ4n) is 2.15.